The quantitative estimate of drug-likeness (QED) is 0.387. The summed E-state index contributed by atoms with van der Waals surface area (Å²) in [6.45, 7) is 1.75. The van der Waals surface area contributed by atoms with E-state index < -0.39 is 10.3 Å². The minimum Gasteiger partial charge on any atom is -0.395 e. The molecule has 29 heavy (non-hydrogen) atoms. The van der Waals surface area contributed by atoms with Gasteiger partial charge in [-0.3, -0.25) is 9.45 Å². The molecule has 2 aromatic carbocycles. The highest BCUT2D eigenvalue weighted by Gasteiger charge is 2.20. The second kappa shape index (κ2) is 11.0. The van der Waals surface area contributed by atoms with E-state index in [0.717, 1.165) is 3.97 Å². The highest BCUT2D eigenvalue weighted by molar-refractivity contribution is 7.84. The SMILES string of the molecule is O=S(=O)(O)n1c(-c2ccccc2)nc2ccccc21.OCCN(CCO)CCO. The van der Waals surface area contributed by atoms with E-state index in [1.54, 1.807) is 53.4 Å². The molecule has 3 aromatic rings. The highest BCUT2D eigenvalue weighted by atomic mass is 32.2. The van der Waals surface area contributed by atoms with Crippen molar-refractivity contribution < 1.29 is 28.3 Å². The number of rotatable bonds is 8. The highest BCUT2D eigenvalue weighted by Crippen LogP contribution is 2.25. The summed E-state index contributed by atoms with van der Waals surface area (Å²) in [4.78, 5) is 6.06. The molecule has 4 N–H and O–H groups in total. The number of aliphatic hydroxyl groups excluding tert-OH is 3. The molecule has 0 bridgehead atoms. The molecule has 3 rings (SSSR count). The molecule has 0 spiro atoms. The fraction of sp³-hybridized carbons (Fsp3) is 0.316. The Balaban J connectivity index is 0.000000257. The van der Waals surface area contributed by atoms with E-state index in [4.69, 9.17) is 15.3 Å². The smallest absolute Gasteiger partial charge is 0.365 e. The van der Waals surface area contributed by atoms with Gasteiger partial charge in [-0.05, 0) is 12.1 Å². The molecule has 0 aliphatic heterocycles. The summed E-state index contributed by atoms with van der Waals surface area (Å²) < 4.78 is 33.4. The van der Waals surface area contributed by atoms with Crippen molar-refractivity contribution in [3.63, 3.8) is 0 Å². The van der Waals surface area contributed by atoms with Gasteiger partial charge in [0.15, 0.2) is 5.82 Å². The Bertz CT molecular complexity index is 977. The summed E-state index contributed by atoms with van der Waals surface area (Å²) in [7, 11) is -4.41. The fourth-order valence-electron chi connectivity index (χ4n) is 2.77. The Labute approximate surface area is 169 Å². The van der Waals surface area contributed by atoms with Crippen LogP contribution in [0, 0.1) is 0 Å². The predicted molar refractivity (Wildman–Crippen MR) is 110 cm³/mol. The van der Waals surface area contributed by atoms with Crippen LogP contribution in [0.3, 0.4) is 0 Å². The molecule has 1 aromatic heterocycles. The van der Waals surface area contributed by atoms with Gasteiger partial charge < -0.3 is 15.3 Å². The van der Waals surface area contributed by atoms with E-state index in [0.29, 0.717) is 36.2 Å². The third-order valence-corrected chi connectivity index (χ3v) is 4.86. The van der Waals surface area contributed by atoms with Gasteiger partial charge in [-0.25, -0.2) is 4.98 Å². The minimum absolute atomic E-state index is 0.0694. The second-order valence-corrected chi connectivity index (χ2v) is 7.31. The lowest BCUT2D eigenvalue weighted by molar-refractivity contribution is 0.136. The van der Waals surface area contributed by atoms with Crippen LogP contribution in [0.5, 0.6) is 0 Å². The van der Waals surface area contributed by atoms with E-state index in [2.05, 4.69) is 4.98 Å². The average Bonchev–Trinajstić information content (AvgIpc) is 3.10. The van der Waals surface area contributed by atoms with E-state index in [1.807, 2.05) is 6.07 Å². The van der Waals surface area contributed by atoms with Gasteiger partial charge in [0, 0.05) is 25.2 Å². The molecule has 0 fully saturated rings. The van der Waals surface area contributed by atoms with Crippen LogP contribution in [-0.4, -0.2) is 81.6 Å². The third-order valence-electron chi connectivity index (χ3n) is 4.03. The van der Waals surface area contributed by atoms with Crippen molar-refractivity contribution in [2.45, 2.75) is 0 Å². The Morgan fingerprint density at radius 1 is 0.828 bits per heavy atom. The Morgan fingerprint density at radius 3 is 1.86 bits per heavy atom. The molecule has 0 radical (unpaired) electrons. The number of nitrogens with zero attached hydrogens (tertiary/aromatic N) is 3. The molecule has 0 aliphatic rings. The normalized spacial score (nSPS) is 11.5. The first-order valence-electron chi connectivity index (χ1n) is 8.98. The first kappa shape index (κ1) is 22.9. The van der Waals surface area contributed by atoms with Crippen molar-refractivity contribution in [3.05, 3.63) is 54.6 Å². The van der Waals surface area contributed by atoms with Crippen LogP contribution in [0.4, 0.5) is 0 Å². The topological polar surface area (TPSA) is 136 Å². The summed E-state index contributed by atoms with van der Waals surface area (Å²) in [5.74, 6) is 0.198. The van der Waals surface area contributed by atoms with Crippen LogP contribution in [0.25, 0.3) is 22.4 Å². The standard InChI is InChI=1S/C13H10N2O3S.C6H15NO3/c16-19(17,18)15-12-9-5-4-8-11(12)14-13(15)10-6-2-1-3-7-10;8-4-1-7(2-5-9)3-6-10/h1-9H,(H,16,17,18);8-10H,1-6H2. The van der Waals surface area contributed by atoms with Crippen LogP contribution in [0.2, 0.25) is 0 Å². The molecule has 158 valence electrons. The van der Waals surface area contributed by atoms with E-state index in [1.165, 1.54) is 0 Å². The van der Waals surface area contributed by atoms with Crippen LogP contribution in [0.1, 0.15) is 0 Å². The molecule has 10 heteroatoms. The first-order valence-corrected chi connectivity index (χ1v) is 10.4. The zero-order chi connectivity index (χ0) is 21.3. The number of imidazole rings is 1. The number of aliphatic hydroxyl groups is 3. The molecular formula is C19H25N3O6S. The van der Waals surface area contributed by atoms with Crippen LogP contribution in [-0.2, 0) is 10.3 Å². The molecule has 0 amide bonds. The summed E-state index contributed by atoms with van der Waals surface area (Å²) in [5.41, 5.74) is 1.49. The van der Waals surface area contributed by atoms with Gasteiger partial charge in [0.2, 0.25) is 0 Å². The van der Waals surface area contributed by atoms with Gasteiger partial charge in [-0.1, -0.05) is 42.5 Å². The van der Waals surface area contributed by atoms with Crippen LogP contribution < -0.4 is 0 Å². The second-order valence-electron chi connectivity index (χ2n) is 6.04. The predicted octanol–water partition coefficient (Wildman–Crippen LogP) is 0.620. The van der Waals surface area contributed by atoms with Crippen molar-refractivity contribution >= 4 is 21.3 Å². The van der Waals surface area contributed by atoms with Crippen molar-refractivity contribution in [1.29, 1.82) is 0 Å². The summed E-state index contributed by atoms with van der Waals surface area (Å²) in [6, 6.07) is 15.6. The lowest BCUT2D eigenvalue weighted by atomic mass is 10.2. The van der Waals surface area contributed by atoms with Crippen LogP contribution in [0.15, 0.2) is 54.6 Å². The maximum Gasteiger partial charge on any atom is 0.365 e. The molecule has 0 saturated heterocycles. The summed E-state index contributed by atoms with van der Waals surface area (Å²) >= 11 is 0. The number of hydrogen-bond acceptors (Lipinski definition) is 7. The number of benzene rings is 2. The number of fused-ring (bicyclic) bond motifs is 1. The first-order chi connectivity index (χ1) is 13.9. The molecule has 1 heterocycles. The van der Waals surface area contributed by atoms with Gasteiger partial charge in [-0.2, -0.15) is 12.4 Å². The van der Waals surface area contributed by atoms with Gasteiger partial charge >= 0.3 is 10.3 Å². The van der Waals surface area contributed by atoms with Gasteiger partial charge in [-0.15, -0.1) is 0 Å². The zero-order valence-corrected chi connectivity index (χ0v) is 16.6. The average molecular weight is 423 g/mol. The summed E-state index contributed by atoms with van der Waals surface area (Å²) in [6.07, 6.45) is 0. The Hall–Kier alpha value is -2.34. The van der Waals surface area contributed by atoms with Gasteiger partial charge in [0.25, 0.3) is 0 Å². The van der Waals surface area contributed by atoms with Crippen molar-refractivity contribution in [1.82, 2.24) is 13.9 Å². The molecule has 0 unspecified atom stereocenters. The number of hydrogen-bond donors (Lipinski definition) is 4. The Morgan fingerprint density at radius 2 is 1.34 bits per heavy atom. The van der Waals surface area contributed by atoms with E-state index in [-0.39, 0.29) is 25.6 Å². The molecule has 0 atom stereocenters. The van der Waals surface area contributed by atoms with Crippen molar-refractivity contribution in [3.8, 4) is 11.4 Å². The lowest BCUT2D eigenvalue weighted by Crippen LogP contribution is -2.32. The van der Waals surface area contributed by atoms with Crippen molar-refractivity contribution in [2.75, 3.05) is 39.5 Å². The largest absolute Gasteiger partial charge is 0.395 e. The van der Waals surface area contributed by atoms with E-state index in [9.17, 15) is 13.0 Å². The minimum atomic E-state index is -4.41. The fourth-order valence-corrected chi connectivity index (χ4v) is 3.53. The maximum absolute atomic E-state index is 11.6. The molecule has 0 aliphatic carbocycles. The zero-order valence-electron chi connectivity index (χ0n) is 15.8. The summed E-state index contributed by atoms with van der Waals surface area (Å²) in [5, 5.41) is 25.5. The van der Waals surface area contributed by atoms with Gasteiger partial charge in [0.1, 0.15) is 0 Å². The lowest BCUT2D eigenvalue weighted by Gasteiger charge is -2.17. The maximum atomic E-state index is 11.6. The number of para-hydroxylation sites is 2. The molecule has 0 saturated carbocycles. The Kier molecular flexibility index (Phi) is 8.70. The van der Waals surface area contributed by atoms with Crippen molar-refractivity contribution in [2.24, 2.45) is 0 Å². The third kappa shape index (κ3) is 6.32. The molecule has 9 nitrogen and oxygen atoms in total. The van der Waals surface area contributed by atoms with Crippen LogP contribution >= 0.6 is 0 Å². The van der Waals surface area contributed by atoms with E-state index >= 15 is 0 Å². The monoisotopic (exact) mass is 423 g/mol. The van der Waals surface area contributed by atoms with Gasteiger partial charge in [0.05, 0.1) is 30.9 Å². The number of aromatic nitrogens is 2. The molecular weight excluding hydrogens is 398 g/mol.